The summed E-state index contributed by atoms with van der Waals surface area (Å²) in [6.45, 7) is 1.96. The standard InChI is InChI=1S/C13H18N2O2/c1-15(5-2-6-16)9-10-3-4-12-11(7-10)8-13(17)14-12/h3-4,7,16H,2,5-6,8-9H2,1H3,(H,14,17). The van der Waals surface area contributed by atoms with Gasteiger partial charge in [0, 0.05) is 25.4 Å². The summed E-state index contributed by atoms with van der Waals surface area (Å²) in [5, 5.41) is 11.6. The van der Waals surface area contributed by atoms with Crippen LogP contribution in [0.3, 0.4) is 0 Å². The third-order valence-electron chi connectivity index (χ3n) is 2.95. The Hall–Kier alpha value is -1.39. The number of anilines is 1. The Morgan fingerprint density at radius 1 is 1.47 bits per heavy atom. The van der Waals surface area contributed by atoms with E-state index in [-0.39, 0.29) is 12.5 Å². The summed E-state index contributed by atoms with van der Waals surface area (Å²) in [6.07, 6.45) is 1.28. The number of hydrogen-bond acceptors (Lipinski definition) is 3. The molecule has 1 heterocycles. The second-order valence-electron chi connectivity index (χ2n) is 4.53. The van der Waals surface area contributed by atoms with Crippen molar-refractivity contribution in [1.29, 1.82) is 0 Å². The summed E-state index contributed by atoms with van der Waals surface area (Å²) in [5.74, 6) is 0.0748. The Balaban J connectivity index is 1.99. The third-order valence-corrected chi connectivity index (χ3v) is 2.95. The third kappa shape index (κ3) is 3.05. The number of amides is 1. The number of aliphatic hydroxyl groups excluding tert-OH is 1. The average molecular weight is 234 g/mol. The van der Waals surface area contributed by atoms with Crippen molar-refractivity contribution in [1.82, 2.24) is 4.90 Å². The zero-order valence-electron chi connectivity index (χ0n) is 10.1. The molecule has 1 aromatic carbocycles. The number of nitrogens with zero attached hydrogens (tertiary/aromatic N) is 1. The minimum absolute atomic E-state index is 0.0748. The van der Waals surface area contributed by atoms with E-state index in [0.29, 0.717) is 6.42 Å². The van der Waals surface area contributed by atoms with Crippen LogP contribution in [0, 0.1) is 0 Å². The number of benzene rings is 1. The summed E-state index contributed by atoms with van der Waals surface area (Å²) in [7, 11) is 2.03. The van der Waals surface area contributed by atoms with Gasteiger partial charge in [0.05, 0.1) is 6.42 Å². The number of rotatable bonds is 5. The lowest BCUT2D eigenvalue weighted by Crippen LogP contribution is -2.19. The molecule has 4 heteroatoms. The van der Waals surface area contributed by atoms with E-state index in [1.807, 2.05) is 19.2 Å². The highest BCUT2D eigenvalue weighted by atomic mass is 16.3. The van der Waals surface area contributed by atoms with Gasteiger partial charge in [-0.05, 0) is 30.7 Å². The number of nitrogens with one attached hydrogen (secondary N) is 1. The topological polar surface area (TPSA) is 52.6 Å². The molecule has 0 unspecified atom stereocenters. The molecule has 0 atom stereocenters. The predicted octanol–water partition coefficient (Wildman–Crippen LogP) is 0.995. The molecule has 0 aliphatic carbocycles. The van der Waals surface area contributed by atoms with Crippen molar-refractivity contribution >= 4 is 11.6 Å². The Bertz CT molecular complexity index is 418. The molecule has 1 aliphatic rings. The molecule has 4 nitrogen and oxygen atoms in total. The Morgan fingerprint density at radius 3 is 3.06 bits per heavy atom. The summed E-state index contributed by atoms with van der Waals surface area (Å²) in [4.78, 5) is 13.4. The van der Waals surface area contributed by atoms with Gasteiger partial charge < -0.3 is 15.3 Å². The van der Waals surface area contributed by atoms with Crippen LogP contribution in [-0.4, -0.2) is 36.1 Å². The first kappa shape index (κ1) is 12.1. The van der Waals surface area contributed by atoms with Gasteiger partial charge in [-0.25, -0.2) is 0 Å². The lowest BCUT2D eigenvalue weighted by Gasteiger charge is -2.16. The minimum atomic E-state index is 0.0748. The molecule has 0 bridgehead atoms. The Morgan fingerprint density at radius 2 is 2.29 bits per heavy atom. The van der Waals surface area contributed by atoms with Gasteiger partial charge in [-0.15, -0.1) is 0 Å². The van der Waals surface area contributed by atoms with Crippen molar-refractivity contribution in [2.75, 3.05) is 25.5 Å². The van der Waals surface area contributed by atoms with Crippen molar-refractivity contribution in [3.8, 4) is 0 Å². The largest absolute Gasteiger partial charge is 0.396 e. The van der Waals surface area contributed by atoms with Crippen LogP contribution in [0.15, 0.2) is 18.2 Å². The van der Waals surface area contributed by atoms with Crippen LogP contribution in [0.1, 0.15) is 17.5 Å². The molecular weight excluding hydrogens is 216 g/mol. The molecule has 1 aliphatic heterocycles. The Labute approximate surface area is 101 Å². The first-order valence-electron chi connectivity index (χ1n) is 5.90. The van der Waals surface area contributed by atoms with E-state index in [9.17, 15) is 4.79 Å². The van der Waals surface area contributed by atoms with Crippen molar-refractivity contribution < 1.29 is 9.90 Å². The number of hydrogen-bond donors (Lipinski definition) is 2. The predicted molar refractivity (Wildman–Crippen MR) is 66.8 cm³/mol. The molecule has 1 aromatic rings. The molecule has 0 aromatic heterocycles. The molecule has 0 spiro atoms. The van der Waals surface area contributed by atoms with Crippen LogP contribution in [0.5, 0.6) is 0 Å². The van der Waals surface area contributed by atoms with Gasteiger partial charge in [0.25, 0.3) is 0 Å². The molecule has 0 saturated heterocycles. The number of fused-ring (bicyclic) bond motifs is 1. The summed E-state index contributed by atoms with van der Waals surface area (Å²) < 4.78 is 0. The highest BCUT2D eigenvalue weighted by Crippen LogP contribution is 2.24. The summed E-state index contributed by atoms with van der Waals surface area (Å²) in [5.41, 5.74) is 3.24. The van der Waals surface area contributed by atoms with Gasteiger partial charge in [-0.3, -0.25) is 4.79 Å². The van der Waals surface area contributed by atoms with Crippen LogP contribution in [-0.2, 0) is 17.8 Å². The fourth-order valence-electron chi connectivity index (χ4n) is 2.11. The molecule has 2 N–H and O–H groups in total. The maximum absolute atomic E-state index is 11.2. The second-order valence-corrected chi connectivity index (χ2v) is 4.53. The number of carbonyl (C=O) groups excluding carboxylic acids is 1. The minimum Gasteiger partial charge on any atom is -0.396 e. The molecule has 0 radical (unpaired) electrons. The van der Waals surface area contributed by atoms with Gasteiger partial charge in [0.1, 0.15) is 0 Å². The van der Waals surface area contributed by atoms with Crippen LogP contribution in [0.2, 0.25) is 0 Å². The van der Waals surface area contributed by atoms with Crippen molar-refractivity contribution in [2.45, 2.75) is 19.4 Å². The lowest BCUT2D eigenvalue weighted by atomic mass is 10.1. The van der Waals surface area contributed by atoms with Crippen LogP contribution >= 0.6 is 0 Å². The van der Waals surface area contributed by atoms with Crippen molar-refractivity contribution in [2.24, 2.45) is 0 Å². The number of aliphatic hydroxyl groups is 1. The SMILES string of the molecule is CN(CCCO)Cc1ccc2c(c1)CC(=O)N2. The average Bonchev–Trinajstić information content (AvgIpc) is 2.65. The lowest BCUT2D eigenvalue weighted by molar-refractivity contribution is -0.115. The van der Waals surface area contributed by atoms with E-state index in [1.165, 1.54) is 5.56 Å². The highest BCUT2D eigenvalue weighted by Gasteiger charge is 2.17. The van der Waals surface area contributed by atoms with Crippen LogP contribution in [0.4, 0.5) is 5.69 Å². The monoisotopic (exact) mass is 234 g/mol. The van der Waals surface area contributed by atoms with E-state index < -0.39 is 0 Å². The first-order chi connectivity index (χ1) is 8.19. The second kappa shape index (κ2) is 5.29. The van der Waals surface area contributed by atoms with Gasteiger partial charge in [0.15, 0.2) is 0 Å². The van der Waals surface area contributed by atoms with E-state index in [2.05, 4.69) is 16.3 Å². The van der Waals surface area contributed by atoms with E-state index in [1.54, 1.807) is 0 Å². The van der Waals surface area contributed by atoms with Crippen molar-refractivity contribution in [3.05, 3.63) is 29.3 Å². The molecule has 0 fully saturated rings. The maximum atomic E-state index is 11.2. The summed E-state index contributed by atoms with van der Waals surface area (Å²) in [6, 6.07) is 6.10. The molecule has 1 amide bonds. The quantitative estimate of drug-likeness (QED) is 0.799. The first-order valence-corrected chi connectivity index (χ1v) is 5.90. The molecular formula is C13H18N2O2. The van der Waals surface area contributed by atoms with E-state index in [0.717, 1.165) is 30.8 Å². The smallest absolute Gasteiger partial charge is 0.228 e. The van der Waals surface area contributed by atoms with Crippen molar-refractivity contribution in [3.63, 3.8) is 0 Å². The zero-order valence-corrected chi connectivity index (χ0v) is 10.1. The maximum Gasteiger partial charge on any atom is 0.228 e. The molecule has 92 valence electrons. The normalized spacial score (nSPS) is 13.9. The molecule has 2 rings (SSSR count). The summed E-state index contributed by atoms with van der Waals surface area (Å²) >= 11 is 0. The fourth-order valence-corrected chi connectivity index (χ4v) is 2.11. The Kier molecular flexibility index (Phi) is 3.76. The van der Waals surface area contributed by atoms with E-state index >= 15 is 0 Å². The zero-order chi connectivity index (χ0) is 12.3. The van der Waals surface area contributed by atoms with Gasteiger partial charge in [0.2, 0.25) is 5.91 Å². The van der Waals surface area contributed by atoms with Gasteiger partial charge in [-0.1, -0.05) is 12.1 Å². The molecule has 0 saturated carbocycles. The molecule has 17 heavy (non-hydrogen) atoms. The van der Waals surface area contributed by atoms with Gasteiger partial charge in [-0.2, -0.15) is 0 Å². The highest BCUT2D eigenvalue weighted by molar-refractivity contribution is 5.99. The van der Waals surface area contributed by atoms with Crippen LogP contribution < -0.4 is 5.32 Å². The fraction of sp³-hybridized carbons (Fsp3) is 0.462. The van der Waals surface area contributed by atoms with Gasteiger partial charge >= 0.3 is 0 Å². The van der Waals surface area contributed by atoms with E-state index in [4.69, 9.17) is 5.11 Å². The number of carbonyl (C=O) groups is 1. The van der Waals surface area contributed by atoms with Crippen LogP contribution in [0.25, 0.3) is 0 Å².